The van der Waals surface area contributed by atoms with E-state index in [1.54, 1.807) is 4.90 Å². The Morgan fingerprint density at radius 3 is 3.08 bits per heavy atom. The Hall–Kier alpha value is -2.03. The first-order valence-electron chi connectivity index (χ1n) is 7.62. The van der Waals surface area contributed by atoms with Gasteiger partial charge in [0.25, 0.3) is 0 Å². The summed E-state index contributed by atoms with van der Waals surface area (Å²) in [6.45, 7) is 2.19. The van der Waals surface area contributed by atoms with Crippen LogP contribution in [0.25, 0.3) is 0 Å². The van der Waals surface area contributed by atoms with Crippen molar-refractivity contribution >= 4 is 6.03 Å². The molecule has 0 aromatic carbocycles. The number of alkyl halides is 3. The van der Waals surface area contributed by atoms with Gasteiger partial charge in [-0.1, -0.05) is 0 Å². The van der Waals surface area contributed by atoms with Gasteiger partial charge in [0.15, 0.2) is 6.61 Å². The summed E-state index contributed by atoms with van der Waals surface area (Å²) in [6, 6.07) is 1.23. The van der Waals surface area contributed by atoms with E-state index in [0.717, 1.165) is 6.42 Å². The lowest BCUT2D eigenvalue weighted by Crippen LogP contribution is -2.42. The van der Waals surface area contributed by atoms with Crippen LogP contribution in [0.5, 0.6) is 5.75 Å². The molecule has 0 spiro atoms. The molecule has 9 heteroatoms. The van der Waals surface area contributed by atoms with E-state index in [1.807, 2.05) is 6.92 Å². The molecular formula is C15H20F3N3O3. The van der Waals surface area contributed by atoms with E-state index in [4.69, 9.17) is 9.47 Å². The summed E-state index contributed by atoms with van der Waals surface area (Å²) in [7, 11) is 0. The third-order valence-electron chi connectivity index (χ3n) is 3.43. The fourth-order valence-electron chi connectivity index (χ4n) is 2.31. The van der Waals surface area contributed by atoms with Crippen LogP contribution in [0.3, 0.4) is 0 Å². The Kier molecular flexibility index (Phi) is 6.24. The number of ether oxygens (including phenoxy) is 2. The van der Waals surface area contributed by atoms with Gasteiger partial charge in [0.05, 0.1) is 12.3 Å². The third-order valence-corrected chi connectivity index (χ3v) is 3.43. The Bertz CT molecular complexity index is 554. The minimum Gasteiger partial charge on any atom is -0.482 e. The standard InChI is InChI=1S/C15H20F3N3O3/c1-11-9-21(5-2-6-23-11)14(22)20-7-12-3-4-19-8-13(12)24-10-15(16,17)18/h3-4,8,11H,2,5-7,9-10H2,1H3,(H,20,22). The van der Waals surface area contributed by atoms with Crippen molar-refractivity contribution in [3.63, 3.8) is 0 Å². The molecule has 0 aliphatic carbocycles. The van der Waals surface area contributed by atoms with Gasteiger partial charge in [-0.2, -0.15) is 13.2 Å². The van der Waals surface area contributed by atoms with Crippen molar-refractivity contribution in [3.05, 3.63) is 24.0 Å². The number of nitrogens with one attached hydrogen (secondary N) is 1. The zero-order chi connectivity index (χ0) is 17.6. The summed E-state index contributed by atoms with van der Waals surface area (Å²) in [6.07, 6.45) is -1.10. The monoisotopic (exact) mass is 347 g/mol. The number of carbonyl (C=O) groups is 1. The van der Waals surface area contributed by atoms with Gasteiger partial charge in [0, 0.05) is 38.0 Å². The Labute approximate surface area is 137 Å². The van der Waals surface area contributed by atoms with Crippen LogP contribution >= 0.6 is 0 Å². The number of amides is 2. The molecule has 1 aromatic rings. The van der Waals surface area contributed by atoms with Crippen LogP contribution in [0.2, 0.25) is 0 Å². The first-order valence-corrected chi connectivity index (χ1v) is 7.62. The van der Waals surface area contributed by atoms with E-state index in [0.29, 0.717) is 25.3 Å². The van der Waals surface area contributed by atoms with Crippen molar-refractivity contribution in [2.75, 3.05) is 26.3 Å². The van der Waals surface area contributed by atoms with E-state index in [9.17, 15) is 18.0 Å². The highest BCUT2D eigenvalue weighted by Gasteiger charge is 2.29. The number of carbonyl (C=O) groups excluding carboxylic acids is 1. The zero-order valence-electron chi connectivity index (χ0n) is 13.3. The third kappa shape index (κ3) is 5.88. The van der Waals surface area contributed by atoms with Crippen molar-refractivity contribution in [3.8, 4) is 5.75 Å². The average Bonchev–Trinajstić information content (AvgIpc) is 2.75. The van der Waals surface area contributed by atoms with E-state index >= 15 is 0 Å². The lowest BCUT2D eigenvalue weighted by molar-refractivity contribution is -0.153. The van der Waals surface area contributed by atoms with Crippen molar-refractivity contribution in [2.45, 2.75) is 32.2 Å². The number of aromatic nitrogens is 1. The second-order valence-corrected chi connectivity index (χ2v) is 5.53. The molecule has 2 rings (SSSR count). The largest absolute Gasteiger partial charge is 0.482 e. The van der Waals surface area contributed by atoms with Gasteiger partial charge in [-0.15, -0.1) is 0 Å². The summed E-state index contributed by atoms with van der Waals surface area (Å²) in [5.41, 5.74) is 0.432. The molecule has 1 atom stereocenters. The maximum absolute atomic E-state index is 12.3. The van der Waals surface area contributed by atoms with Crippen LogP contribution < -0.4 is 10.1 Å². The van der Waals surface area contributed by atoms with Crippen molar-refractivity contribution in [1.82, 2.24) is 15.2 Å². The Morgan fingerprint density at radius 2 is 2.33 bits per heavy atom. The molecule has 1 saturated heterocycles. The molecule has 24 heavy (non-hydrogen) atoms. The molecule has 1 N–H and O–H groups in total. The van der Waals surface area contributed by atoms with Crippen molar-refractivity contribution in [1.29, 1.82) is 0 Å². The minimum atomic E-state index is -4.43. The van der Waals surface area contributed by atoms with Crippen LogP contribution in [0.1, 0.15) is 18.9 Å². The first-order chi connectivity index (χ1) is 11.3. The van der Waals surface area contributed by atoms with Crippen LogP contribution in [0, 0.1) is 0 Å². The molecule has 1 aliphatic heterocycles. The van der Waals surface area contributed by atoms with Crippen LogP contribution in [-0.2, 0) is 11.3 Å². The molecule has 1 aromatic heterocycles. The predicted molar refractivity (Wildman–Crippen MR) is 79.6 cm³/mol. The van der Waals surface area contributed by atoms with Crippen LogP contribution in [-0.4, -0.2) is 54.5 Å². The molecule has 6 nitrogen and oxygen atoms in total. The van der Waals surface area contributed by atoms with E-state index in [-0.39, 0.29) is 24.4 Å². The minimum absolute atomic E-state index is 0.00249. The fourth-order valence-corrected chi connectivity index (χ4v) is 2.31. The van der Waals surface area contributed by atoms with Crippen molar-refractivity contribution < 1.29 is 27.4 Å². The number of hydrogen-bond donors (Lipinski definition) is 1. The average molecular weight is 347 g/mol. The zero-order valence-corrected chi connectivity index (χ0v) is 13.3. The highest BCUT2D eigenvalue weighted by atomic mass is 19.4. The summed E-state index contributed by atoms with van der Waals surface area (Å²) in [5, 5.41) is 2.70. The van der Waals surface area contributed by atoms with Gasteiger partial charge >= 0.3 is 12.2 Å². The van der Waals surface area contributed by atoms with Gasteiger partial charge < -0.3 is 19.7 Å². The second kappa shape index (κ2) is 8.18. The fraction of sp³-hybridized carbons (Fsp3) is 0.600. The quantitative estimate of drug-likeness (QED) is 0.908. The van der Waals surface area contributed by atoms with Gasteiger partial charge in [0.1, 0.15) is 5.75 Å². The predicted octanol–water partition coefficient (Wildman–Crippen LogP) is 2.34. The summed E-state index contributed by atoms with van der Waals surface area (Å²) in [5.74, 6) is 0.00249. The molecule has 1 fully saturated rings. The SMILES string of the molecule is CC1CN(C(=O)NCc2ccncc2OCC(F)(F)F)CCCO1. The van der Waals surface area contributed by atoms with E-state index in [1.165, 1.54) is 18.5 Å². The Morgan fingerprint density at radius 1 is 1.54 bits per heavy atom. The first kappa shape index (κ1) is 18.3. The number of nitrogens with zero attached hydrogens (tertiary/aromatic N) is 2. The smallest absolute Gasteiger partial charge is 0.422 e. The van der Waals surface area contributed by atoms with Crippen LogP contribution in [0.4, 0.5) is 18.0 Å². The number of hydrogen-bond acceptors (Lipinski definition) is 4. The molecule has 0 bridgehead atoms. The van der Waals surface area contributed by atoms with Crippen LogP contribution in [0.15, 0.2) is 18.5 Å². The molecule has 134 valence electrons. The molecule has 2 heterocycles. The molecule has 0 saturated carbocycles. The number of halogens is 3. The second-order valence-electron chi connectivity index (χ2n) is 5.53. The lowest BCUT2D eigenvalue weighted by Gasteiger charge is -2.22. The normalized spacial score (nSPS) is 18.8. The number of rotatable bonds is 4. The van der Waals surface area contributed by atoms with E-state index < -0.39 is 12.8 Å². The van der Waals surface area contributed by atoms with Gasteiger partial charge in [0.2, 0.25) is 0 Å². The molecular weight excluding hydrogens is 327 g/mol. The topological polar surface area (TPSA) is 63.7 Å². The van der Waals surface area contributed by atoms with Gasteiger partial charge in [-0.05, 0) is 19.4 Å². The molecule has 1 aliphatic rings. The molecule has 1 unspecified atom stereocenters. The van der Waals surface area contributed by atoms with E-state index in [2.05, 4.69) is 10.3 Å². The van der Waals surface area contributed by atoms with Gasteiger partial charge in [-0.3, -0.25) is 4.98 Å². The summed E-state index contributed by atoms with van der Waals surface area (Å²) < 4.78 is 47.0. The summed E-state index contributed by atoms with van der Waals surface area (Å²) in [4.78, 5) is 17.6. The summed E-state index contributed by atoms with van der Waals surface area (Å²) >= 11 is 0. The maximum atomic E-state index is 12.3. The van der Waals surface area contributed by atoms with Gasteiger partial charge in [-0.25, -0.2) is 4.79 Å². The highest BCUT2D eigenvalue weighted by molar-refractivity contribution is 5.74. The lowest BCUT2D eigenvalue weighted by atomic mass is 10.2. The molecule has 0 radical (unpaired) electrons. The maximum Gasteiger partial charge on any atom is 0.422 e. The van der Waals surface area contributed by atoms with Crippen molar-refractivity contribution in [2.24, 2.45) is 0 Å². The number of urea groups is 1. The Balaban J connectivity index is 1.92. The highest BCUT2D eigenvalue weighted by Crippen LogP contribution is 2.21. The molecule has 2 amide bonds. The number of pyridine rings is 1.